The van der Waals surface area contributed by atoms with Gasteiger partial charge in [0.25, 0.3) is 5.91 Å². The van der Waals surface area contributed by atoms with Crippen LogP contribution in [0.5, 0.6) is 0 Å². The number of pyridine rings is 1. The van der Waals surface area contributed by atoms with Gasteiger partial charge in [-0.2, -0.15) is 0 Å². The fraction of sp³-hybridized carbons (Fsp3) is 0.125. The summed E-state index contributed by atoms with van der Waals surface area (Å²) >= 11 is 5.97. The number of halogens is 1. The quantitative estimate of drug-likeness (QED) is 0.802. The summed E-state index contributed by atoms with van der Waals surface area (Å²) in [6.45, 7) is 2.26. The van der Waals surface area contributed by atoms with Gasteiger partial charge in [-0.1, -0.05) is 17.7 Å². The molecule has 0 aliphatic carbocycles. The van der Waals surface area contributed by atoms with E-state index in [1.54, 1.807) is 30.6 Å². The molecule has 1 amide bonds. The third-order valence-electron chi connectivity index (χ3n) is 3.28. The number of fused-ring (bicyclic) bond motifs is 1. The molecule has 0 unspecified atom stereocenters. The Morgan fingerprint density at radius 2 is 2.24 bits per heavy atom. The number of nitrogens with one attached hydrogen (secondary N) is 1. The molecule has 5 heteroatoms. The number of carbonyl (C=O) groups excluding carboxylic acids is 1. The first kappa shape index (κ1) is 13.6. The molecule has 0 aliphatic rings. The highest BCUT2D eigenvalue weighted by Gasteiger charge is 2.17. The van der Waals surface area contributed by atoms with Crippen LogP contribution in [0.3, 0.4) is 0 Å². The minimum atomic E-state index is -0.247. The third-order valence-corrected chi connectivity index (χ3v) is 3.52. The highest BCUT2D eigenvalue weighted by molar-refractivity contribution is 6.31. The Morgan fingerprint density at radius 1 is 1.38 bits per heavy atom. The summed E-state index contributed by atoms with van der Waals surface area (Å²) in [7, 11) is 0. The van der Waals surface area contributed by atoms with Crippen LogP contribution in [0.1, 0.15) is 21.7 Å². The van der Waals surface area contributed by atoms with E-state index in [-0.39, 0.29) is 5.91 Å². The Labute approximate surface area is 126 Å². The lowest BCUT2D eigenvalue weighted by Crippen LogP contribution is -2.22. The number of benzene rings is 1. The van der Waals surface area contributed by atoms with Crippen LogP contribution in [0.15, 0.2) is 47.1 Å². The molecule has 0 radical (unpaired) electrons. The van der Waals surface area contributed by atoms with Gasteiger partial charge in [0.2, 0.25) is 0 Å². The van der Waals surface area contributed by atoms with Crippen LogP contribution >= 0.6 is 11.6 Å². The van der Waals surface area contributed by atoms with Crippen LogP contribution in [-0.4, -0.2) is 10.9 Å². The topological polar surface area (TPSA) is 55.1 Å². The molecule has 0 spiro atoms. The third kappa shape index (κ3) is 2.76. The summed E-state index contributed by atoms with van der Waals surface area (Å²) < 4.78 is 5.62. The highest BCUT2D eigenvalue weighted by Crippen LogP contribution is 2.27. The molecule has 106 valence electrons. The molecule has 0 saturated heterocycles. The summed E-state index contributed by atoms with van der Waals surface area (Å²) in [4.78, 5) is 16.2. The van der Waals surface area contributed by atoms with Crippen molar-refractivity contribution in [3.8, 4) is 0 Å². The molecule has 2 heterocycles. The lowest BCUT2D eigenvalue weighted by molar-refractivity contribution is 0.0924. The van der Waals surface area contributed by atoms with Crippen molar-refractivity contribution in [1.29, 1.82) is 0 Å². The number of hydrogen-bond donors (Lipinski definition) is 1. The van der Waals surface area contributed by atoms with Gasteiger partial charge in [-0.15, -0.1) is 0 Å². The molecule has 0 aliphatic heterocycles. The van der Waals surface area contributed by atoms with Crippen molar-refractivity contribution in [3.63, 3.8) is 0 Å². The number of amides is 1. The molecule has 0 bridgehead atoms. The van der Waals surface area contributed by atoms with E-state index in [2.05, 4.69) is 10.3 Å². The fourth-order valence-electron chi connectivity index (χ4n) is 2.18. The van der Waals surface area contributed by atoms with E-state index >= 15 is 0 Å². The second kappa shape index (κ2) is 5.58. The van der Waals surface area contributed by atoms with E-state index < -0.39 is 0 Å². The average molecular weight is 301 g/mol. The Morgan fingerprint density at radius 3 is 3.00 bits per heavy atom. The molecule has 2 aromatic heterocycles. The van der Waals surface area contributed by atoms with Gasteiger partial charge in [0, 0.05) is 34.9 Å². The predicted molar refractivity (Wildman–Crippen MR) is 81.4 cm³/mol. The van der Waals surface area contributed by atoms with E-state index in [4.69, 9.17) is 16.0 Å². The van der Waals surface area contributed by atoms with Crippen molar-refractivity contribution >= 4 is 28.5 Å². The maximum Gasteiger partial charge on any atom is 0.287 e. The van der Waals surface area contributed by atoms with Crippen molar-refractivity contribution in [1.82, 2.24) is 10.3 Å². The monoisotopic (exact) mass is 300 g/mol. The minimum absolute atomic E-state index is 0.247. The second-order valence-electron chi connectivity index (χ2n) is 4.74. The Hall–Kier alpha value is -2.33. The lowest BCUT2D eigenvalue weighted by Gasteiger charge is -2.03. The van der Waals surface area contributed by atoms with Crippen molar-refractivity contribution in [2.75, 3.05) is 0 Å². The number of carbonyl (C=O) groups is 1. The summed E-state index contributed by atoms with van der Waals surface area (Å²) in [6.07, 6.45) is 3.41. The molecular formula is C16H13ClN2O2. The van der Waals surface area contributed by atoms with Crippen molar-refractivity contribution in [2.24, 2.45) is 0 Å². The SMILES string of the molecule is Cc1c(C(=O)NCc2cccnc2)oc2ccc(Cl)cc12. The summed E-state index contributed by atoms with van der Waals surface area (Å²) in [6, 6.07) is 9.04. The Kier molecular flexibility index (Phi) is 3.62. The number of aromatic nitrogens is 1. The predicted octanol–water partition coefficient (Wildman–Crippen LogP) is 3.72. The molecule has 0 fully saturated rings. The van der Waals surface area contributed by atoms with E-state index in [0.717, 1.165) is 16.5 Å². The maximum atomic E-state index is 12.2. The molecular weight excluding hydrogens is 288 g/mol. The normalized spacial score (nSPS) is 10.8. The van der Waals surface area contributed by atoms with Crippen molar-refractivity contribution < 1.29 is 9.21 Å². The second-order valence-corrected chi connectivity index (χ2v) is 5.18. The fourth-order valence-corrected chi connectivity index (χ4v) is 2.35. The smallest absolute Gasteiger partial charge is 0.287 e. The van der Waals surface area contributed by atoms with Gasteiger partial charge in [0.1, 0.15) is 5.58 Å². The van der Waals surface area contributed by atoms with Crippen LogP contribution in [0.25, 0.3) is 11.0 Å². The van der Waals surface area contributed by atoms with Crippen LogP contribution in [0.2, 0.25) is 5.02 Å². The number of hydrogen-bond acceptors (Lipinski definition) is 3. The summed E-state index contributed by atoms with van der Waals surface area (Å²) in [5, 5.41) is 4.30. The number of furan rings is 1. The van der Waals surface area contributed by atoms with E-state index in [1.165, 1.54) is 0 Å². The number of aryl methyl sites for hydroxylation is 1. The van der Waals surface area contributed by atoms with Gasteiger partial charge in [-0.3, -0.25) is 9.78 Å². The summed E-state index contributed by atoms with van der Waals surface area (Å²) in [5.74, 6) is 0.0693. The van der Waals surface area contributed by atoms with Crippen molar-refractivity contribution in [2.45, 2.75) is 13.5 Å². The number of rotatable bonds is 3. The first-order chi connectivity index (χ1) is 10.1. The van der Waals surface area contributed by atoms with Gasteiger partial charge in [-0.25, -0.2) is 0 Å². The van der Waals surface area contributed by atoms with E-state index in [9.17, 15) is 4.79 Å². The highest BCUT2D eigenvalue weighted by atomic mass is 35.5. The van der Waals surface area contributed by atoms with Crippen LogP contribution in [0, 0.1) is 6.92 Å². The molecule has 1 aromatic carbocycles. The van der Waals surface area contributed by atoms with E-state index in [1.807, 2.05) is 19.1 Å². The molecule has 4 nitrogen and oxygen atoms in total. The summed E-state index contributed by atoms with van der Waals surface area (Å²) in [5.41, 5.74) is 2.38. The molecule has 1 N–H and O–H groups in total. The van der Waals surface area contributed by atoms with Crippen LogP contribution in [-0.2, 0) is 6.54 Å². The first-order valence-corrected chi connectivity index (χ1v) is 6.88. The zero-order valence-electron chi connectivity index (χ0n) is 11.4. The molecule has 0 atom stereocenters. The van der Waals surface area contributed by atoms with Gasteiger partial charge < -0.3 is 9.73 Å². The minimum Gasteiger partial charge on any atom is -0.451 e. The lowest BCUT2D eigenvalue weighted by atomic mass is 10.1. The number of nitrogens with zero attached hydrogens (tertiary/aromatic N) is 1. The van der Waals surface area contributed by atoms with E-state index in [0.29, 0.717) is 22.9 Å². The maximum absolute atomic E-state index is 12.2. The Balaban J connectivity index is 1.83. The molecule has 3 rings (SSSR count). The standard InChI is InChI=1S/C16H13ClN2O2/c1-10-13-7-12(17)4-5-14(13)21-15(10)16(20)19-9-11-3-2-6-18-8-11/h2-8H,9H2,1H3,(H,19,20). The Bertz CT molecular complexity index is 797. The molecule has 21 heavy (non-hydrogen) atoms. The molecule has 3 aromatic rings. The first-order valence-electron chi connectivity index (χ1n) is 6.51. The van der Waals surface area contributed by atoms with Crippen LogP contribution < -0.4 is 5.32 Å². The average Bonchev–Trinajstić information content (AvgIpc) is 2.83. The van der Waals surface area contributed by atoms with Gasteiger partial charge >= 0.3 is 0 Å². The van der Waals surface area contributed by atoms with Gasteiger partial charge in [0.15, 0.2) is 5.76 Å². The van der Waals surface area contributed by atoms with Gasteiger partial charge in [-0.05, 0) is 36.8 Å². The zero-order valence-corrected chi connectivity index (χ0v) is 12.1. The van der Waals surface area contributed by atoms with Crippen LogP contribution in [0.4, 0.5) is 0 Å². The van der Waals surface area contributed by atoms with Gasteiger partial charge in [0.05, 0.1) is 0 Å². The van der Waals surface area contributed by atoms with Crippen molar-refractivity contribution in [3.05, 3.63) is 64.6 Å². The zero-order chi connectivity index (χ0) is 14.8. The molecule has 0 saturated carbocycles. The largest absolute Gasteiger partial charge is 0.451 e.